The number of hydrogen-bond acceptors (Lipinski definition) is 12. The summed E-state index contributed by atoms with van der Waals surface area (Å²) >= 11 is 0. The first-order chi connectivity index (χ1) is 23.8. The number of nitrogens with one attached hydrogen (secondary N) is 2. The fourth-order valence-electron chi connectivity index (χ4n) is 7.29. The van der Waals surface area contributed by atoms with Gasteiger partial charge in [-0.25, -0.2) is 9.97 Å². The second kappa shape index (κ2) is 11.4. The van der Waals surface area contributed by atoms with Gasteiger partial charge in [0.05, 0.1) is 0 Å². The van der Waals surface area contributed by atoms with Gasteiger partial charge in [0.25, 0.3) is 5.89 Å². The van der Waals surface area contributed by atoms with Gasteiger partial charge in [-0.1, -0.05) is 70.1 Å². The van der Waals surface area contributed by atoms with E-state index in [1.165, 1.54) is 6.26 Å². The molecule has 3 aromatic heterocycles. The maximum Gasteiger partial charge on any atom is 0.279 e. The standard InChI is InChI=1S/C37H38N6O7/c1-17(2)28(45)25(44)15-20-13-19-11-12-26-22(14-19)37(21-9-7-8-10-23(21)40-35(37)48-26)30-27(33-39-24(16-47-33)32-38-18(3)43-50-32)41-34(49-30)29(36(4,5)6)42-31(20)46/h7-12,14,16-17,20,28-29,35,40,45H,13,15H2,1-6H3,(H,42,46)/t20-,28+,29-,35?,37+/m1/s1. The number of carbonyl (C=O) groups excluding carboxylic acids is 2. The summed E-state index contributed by atoms with van der Waals surface area (Å²) in [6, 6.07) is 13.0. The lowest BCUT2D eigenvalue weighted by Crippen LogP contribution is -2.42. The van der Waals surface area contributed by atoms with Gasteiger partial charge in [-0.2, -0.15) is 4.98 Å². The number of carbonyl (C=O) groups is 2. The Labute approximate surface area is 287 Å². The van der Waals surface area contributed by atoms with Crippen LogP contribution in [0.15, 0.2) is 62.1 Å². The number of aliphatic hydroxyl groups excluding tert-OH is 1. The molecule has 0 fully saturated rings. The van der Waals surface area contributed by atoms with Crippen molar-refractivity contribution in [2.45, 2.75) is 78.2 Å². The molecule has 4 bridgehead atoms. The molecule has 258 valence electrons. The van der Waals surface area contributed by atoms with Gasteiger partial charge >= 0.3 is 0 Å². The molecule has 3 aliphatic rings. The van der Waals surface area contributed by atoms with Crippen LogP contribution in [0, 0.1) is 24.2 Å². The minimum absolute atomic E-state index is 0.135. The van der Waals surface area contributed by atoms with Gasteiger partial charge in [0, 0.05) is 23.6 Å². The second-order valence-electron chi connectivity index (χ2n) is 14.8. The van der Waals surface area contributed by atoms with E-state index in [0.29, 0.717) is 28.7 Å². The van der Waals surface area contributed by atoms with Gasteiger partial charge in [-0.15, -0.1) is 0 Å². The van der Waals surface area contributed by atoms with E-state index in [-0.39, 0.29) is 48.1 Å². The van der Waals surface area contributed by atoms with E-state index in [9.17, 15) is 14.7 Å². The predicted octanol–water partition coefficient (Wildman–Crippen LogP) is 5.52. The number of rotatable bonds is 6. The van der Waals surface area contributed by atoms with Gasteiger partial charge in [0.2, 0.25) is 17.7 Å². The SMILES string of the molecule is Cc1noc(-c2coc(-c3nc4oc3[C@@]35c6ccccc6NC3Oc3ccc(cc35)C[C@H](CC(=O)[C@@H](O)C(C)C)C(=O)N[C@H]4C(C)(C)C)n2)n1. The van der Waals surface area contributed by atoms with Gasteiger partial charge < -0.3 is 33.8 Å². The van der Waals surface area contributed by atoms with Crippen molar-refractivity contribution in [1.82, 2.24) is 25.4 Å². The molecule has 2 aromatic carbocycles. The number of hydrogen-bond donors (Lipinski definition) is 3. The highest BCUT2D eigenvalue weighted by Crippen LogP contribution is 2.59. The molecule has 1 spiro atoms. The Morgan fingerprint density at radius 2 is 1.86 bits per heavy atom. The maximum absolute atomic E-state index is 14.2. The van der Waals surface area contributed by atoms with Crippen molar-refractivity contribution in [1.29, 1.82) is 0 Å². The minimum atomic E-state index is -1.18. The third-order valence-corrected chi connectivity index (χ3v) is 9.86. The Bertz CT molecular complexity index is 2140. The van der Waals surface area contributed by atoms with Crippen LogP contribution in [0.3, 0.4) is 0 Å². The first-order valence-electron chi connectivity index (χ1n) is 16.8. The number of Topliss-reactive ketones (excluding diaryl/α,β-unsaturated/α-hetero) is 1. The number of nitrogens with zero attached hydrogens (tertiary/aromatic N) is 4. The van der Waals surface area contributed by atoms with Crippen LogP contribution in [0.2, 0.25) is 0 Å². The first-order valence-corrected chi connectivity index (χ1v) is 16.8. The summed E-state index contributed by atoms with van der Waals surface area (Å²) in [4.78, 5) is 41.6. The molecule has 0 saturated carbocycles. The molecule has 0 saturated heterocycles. The van der Waals surface area contributed by atoms with Crippen molar-refractivity contribution in [2.24, 2.45) is 17.3 Å². The average molecular weight is 679 g/mol. The molecule has 3 aliphatic heterocycles. The number of ketones is 1. The lowest BCUT2D eigenvalue weighted by molar-refractivity contribution is -0.135. The summed E-state index contributed by atoms with van der Waals surface area (Å²) in [6.07, 6.45) is -0.252. The molecule has 1 amide bonds. The van der Waals surface area contributed by atoms with E-state index in [2.05, 4.69) is 20.8 Å². The predicted molar refractivity (Wildman–Crippen MR) is 179 cm³/mol. The maximum atomic E-state index is 14.2. The molecule has 0 aliphatic carbocycles. The van der Waals surface area contributed by atoms with Crippen LogP contribution in [0.4, 0.5) is 5.69 Å². The molecule has 50 heavy (non-hydrogen) atoms. The van der Waals surface area contributed by atoms with E-state index in [1.54, 1.807) is 20.8 Å². The highest BCUT2D eigenvalue weighted by atomic mass is 16.5. The third-order valence-electron chi connectivity index (χ3n) is 9.86. The monoisotopic (exact) mass is 678 g/mol. The van der Waals surface area contributed by atoms with Crippen LogP contribution in [0.5, 0.6) is 5.75 Å². The Balaban J connectivity index is 1.37. The Morgan fingerprint density at radius 3 is 2.60 bits per heavy atom. The summed E-state index contributed by atoms with van der Waals surface area (Å²) < 4.78 is 25.0. The lowest BCUT2D eigenvalue weighted by atomic mass is 9.72. The van der Waals surface area contributed by atoms with Crippen LogP contribution in [-0.4, -0.2) is 49.2 Å². The van der Waals surface area contributed by atoms with Gasteiger partial charge in [-0.3, -0.25) is 9.59 Å². The van der Waals surface area contributed by atoms with Crippen molar-refractivity contribution >= 4 is 17.4 Å². The number of amides is 1. The fourth-order valence-corrected chi connectivity index (χ4v) is 7.29. The Kier molecular flexibility index (Phi) is 7.26. The van der Waals surface area contributed by atoms with E-state index in [0.717, 1.165) is 22.4 Å². The highest BCUT2D eigenvalue weighted by molar-refractivity contribution is 5.89. The van der Waals surface area contributed by atoms with E-state index >= 15 is 0 Å². The van der Waals surface area contributed by atoms with Crippen LogP contribution in [0.1, 0.15) is 81.2 Å². The smallest absolute Gasteiger partial charge is 0.279 e. The van der Waals surface area contributed by atoms with E-state index < -0.39 is 35.1 Å². The molecule has 5 aromatic rings. The summed E-state index contributed by atoms with van der Waals surface area (Å²) in [5.41, 5.74) is 2.41. The van der Waals surface area contributed by atoms with Crippen molar-refractivity contribution in [2.75, 3.05) is 5.32 Å². The third kappa shape index (κ3) is 4.93. The molecular weight excluding hydrogens is 640 g/mol. The zero-order valence-corrected chi connectivity index (χ0v) is 28.6. The highest BCUT2D eigenvalue weighted by Gasteiger charge is 2.61. The molecule has 3 N–H and O–H groups in total. The van der Waals surface area contributed by atoms with Crippen LogP contribution in [0.25, 0.3) is 23.2 Å². The number of aryl methyl sites for hydroxylation is 1. The summed E-state index contributed by atoms with van der Waals surface area (Å²) in [5, 5.41) is 21.3. The fraction of sp³-hybridized carbons (Fsp3) is 0.405. The van der Waals surface area contributed by atoms with Gasteiger partial charge in [0.15, 0.2) is 35.0 Å². The van der Waals surface area contributed by atoms with Crippen molar-refractivity contribution in [3.63, 3.8) is 0 Å². The summed E-state index contributed by atoms with van der Waals surface area (Å²) in [7, 11) is 0. The number of aliphatic hydroxyl groups is 1. The number of fused-ring (bicyclic) bond motifs is 4. The summed E-state index contributed by atoms with van der Waals surface area (Å²) in [5.74, 6) is 0.307. The van der Waals surface area contributed by atoms with Crippen LogP contribution < -0.4 is 15.4 Å². The largest absolute Gasteiger partial charge is 0.469 e. The van der Waals surface area contributed by atoms with Crippen molar-refractivity contribution in [3.05, 3.63) is 82.9 Å². The number of para-hydroxylation sites is 1. The molecule has 1 unspecified atom stereocenters. The van der Waals surface area contributed by atoms with Crippen molar-refractivity contribution < 1.29 is 32.8 Å². The second-order valence-corrected chi connectivity index (χ2v) is 14.8. The molecule has 0 radical (unpaired) electrons. The number of anilines is 1. The first kappa shape index (κ1) is 31.9. The molecule has 6 heterocycles. The number of oxazole rings is 2. The van der Waals surface area contributed by atoms with Crippen LogP contribution >= 0.6 is 0 Å². The topological polar surface area (TPSA) is 179 Å². The van der Waals surface area contributed by atoms with E-state index in [1.807, 2.05) is 63.2 Å². The van der Waals surface area contributed by atoms with E-state index in [4.69, 9.17) is 28.1 Å². The zero-order chi connectivity index (χ0) is 35.1. The number of benzene rings is 2. The molecule has 8 rings (SSSR count). The number of ether oxygens (including phenoxy) is 1. The normalized spacial score (nSPS) is 22.9. The quantitative estimate of drug-likeness (QED) is 0.205. The van der Waals surface area contributed by atoms with Crippen molar-refractivity contribution in [3.8, 4) is 28.9 Å². The minimum Gasteiger partial charge on any atom is -0.469 e. The van der Waals surface area contributed by atoms with Gasteiger partial charge in [0.1, 0.15) is 29.6 Å². The molecule has 5 atom stereocenters. The Hall–Kier alpha value is -5.30. The molecule has 13 nitrogen and oxygen atoms in total. The molecule has 13 heteroatoms. The summed E-state index contributed by atoms with van der Waals surface area (Å²) in [6.45, 7) is 11.2. The van der Waals surface area contributed by atoms with Gasteiger partial charge in [-0.05, 0) is 47.9 Å². The average Bonchev–Trinajstić information content (AvgIpc) is 3.89. The lowest BCUT2D eigenvalue weighted by Gasteiger charge is -2.32. The number of aromatic nitrogens is 4. The zero-order valence-electron chi connectivity index (χ0n) is 28.6. The van der Waals surface area contributed by atoms with Crippen LogP contribution in [-0.2, 0) is 21.4 Å². The molecular formula is C37H38N6O7. The Morgan fingerprint density at radius 1 is 1.06 bits per heavy atom.